The maximum absolute atomic E-state index is 12.8. The van der Waals surface area contributed by atoms with E-state index >= 15 is 0 Å². The molecule has 0 radical (unpaired) electrons. The fourth-order valence-corrected chi connectivity index (χ4v) is 4.18. The van der Waals surface area contributed by atoms with Gasteiger partial charge in [-0.15, -0.1) is 0 Å². The number of ether oxygens (including phenoxy) is 1. The van der Waals surface area contributed by atoms with Crippen molar-refractivity contribution in [3.63, 3.8) is 0 Å². The van der Waals surface area contributed by atoms with Crippen LogP contribution in [0, 0.1) is 11.3 Å². The van der Waals surface area contributed by atoms with Crippen molar-refractivity contribution in [2.45, 2.75) is 45.6 Å². The minimum Gasteiger partial charge on any atom is -0.442 e. The van der Waals surface area contributed by atoms with E-state index < -0.39 is 12.1 Å². The first-order valence-electron chi connectivity index (χ1n) is 11.3. The van der Waals surface area contributed by atoms with E-state index in [2.05, 4.69) is 17.9 Å². The van der Waals surface area contributed by atoms with Crippen LogP contribution in [0.5, 0.6) is 0 Å². The zero-order valence-corrected chi connectivity index (χ0v) is 21.1. The van der Waals surface area contributed by atoms with Crippen molar-refractivity contribution in [3.05, 3.63) is 93.5 Å². The highest BCUT2D eigenvalue weighted by molar-refractivity contribution is 6.30. The van der Waals surface area contributed by atoms with Crippen LogP contribution < -0.4 is 4.90 Å². The van der Waals surface area contributed by atoms with Gasteiger partial charge in [0, 0.05) is 33.5 Å². The van der Waals surface area contributed by atoms with E-state index in [9.17, 15) is 10.1 Å². The molecule has 0 aromatic heterocycles. The van der Waals surface area contributed by atoms with Crippen molar-refractivity contribution in [3.8, 4) is 6.07 Å². The fraction of sp³-hybridized carbons (Fsp3) is 0.286. The summed E-state index contributed by atoms with van der Waals surface area (Å²) in [5, 5.41) is 11.1. The summed E-state index contributed by atoms with van der Waals surface area (Å²) in [6, 6.07) is 22.8. The molecule has 0 bridgehead atoms. The third-order valence-corrected chi connectivity index (χ3v) is 5.99. The number of nitriles is 1. The van der Waals surface area contributed by atoms with Crippen LogP contribution >= 0.6 is 23.2 Å². The normalized spacial score (nSPS) is 11.7. The summed E-state index contributed by atoms with van der Waals surface area (Å²) in [6.07, 6.45) is 0.00823. The molecule has 176 valence electrons. The second kappa shape index (κ2) is 11.9. The van der Waals surface area contributed by atoms with Gasteiger partial charge in [0.25, 0.3) is 0 Å². The van der Waals surface area contributed by atoms with Crippen molar-refractivity contribution in [1.82, 2.24) is 0 Å². The summed E-state index contributed by atoms with van der Waals surface area (Å²) < 4.78 is 5.60. The minimum absolute atomic E-state index is 0.0787. The largest absolute Gasteiger partial charge is 0.442 e. The Labute approximate surface area is 211 Å². The number of anilines is 2. The van der Waals surface area contributed by atoms with Crippen LogP contribution in [0.25, 0.3) is 0 Å². The number of halogens is 2. The molecule has 0 N–H and O–H groups in total. The van der Waals surface area contributed by atoms with Gasteiger partial charge < -0.3 is 9.64 Å². The van der Waals surface area contributed by atoms with E-state index in [-0.39, 0.29) is 12.3 Å². The Hall–Kier alpha value is -3.00. The van der Waals surface area contributed by atoms with Crippen molar-refractivity contribution in [1.29, 1.82) is 5.26 Å². The number of benzene rings is 3. The van der Waals surface area contributed by atoms with Crippen molar-refractivity contribution >= 4 is 40.5 Å². The molecule has 0 amide bonds. The molecule has 0 saturated carbocycles. The van der Waals surface area contributed by atoms with E-state index in [0.717, 1.165) is 35.5 Å². The lowest BCUT2D eigenvalue weighted by Crippen LogP contribution is -2.18. The minimum atomic E-state index is -1.00. The van der Waals surface area contributed by atoms with Gasteiger partial charge in [-0.05, 0) is 72.0 Å². The van der Waals surface area contributed by atoms with Gasteiger partial charge in [0.1, 0.15) is 6.07 Å². The van der Waals surface area contributed by atoms with Crippen LogP contribution in [0.3, 0.4) is 0 Å². The topological polar surface area (TPSA) is 53.3 Å². The quantitative estimate of drug-likeness (QED) is 0.282. The molecule has 0 saturated heterocycles. The Morgan fingerprint density at radius 2 is 1.71 bits per heavy atom. The number of carbonyl (C=O) groups excluding carboxylic acids is 1. The van der Waals surface area contributed by atoms with Gasteiger partial charge in [0.2, 0.25) is 6.10 Å². The van der Waals surface area contributed by atoms with E-state index in [0.29, 0.717) is 15.6 Å². The Balaban J connectivity index is 1.81. The van der Waals surface area contributed by atoms with Gasteiger partial charge in [-0.2, -0.15) is 5.26 Å². The molecule has 3 aromatic carbocycles. The number of hydrogen-bond acceptors (Lipinski definition) is 4. The van der Waals surface area contributed by atoms with Gasteiger partial charge in [0.05, 0.1) is 6.42 Å². The van der Waals surface area contributed by atoms with E-state index in [1.54, 1.807) is 12.1 Å². The second-order valence-corrected chi connectivity index (χ2v) is 9.27. The van der Waals surface area contributed by atoms with E-state index in [4.69, 9.17) is 27.9 Å². The smallest absolute Gasteiger partial charge is 0.311 e. The number of hydrogen-bond donors (Lipinski definition) is 0. The molecule has 1 atom stereocenters. The van der Waals surface area contributed by atoms with Crippen LogP contribution in [0.2, 0.25) is 10.0 Å². The SMILES string of the molecule is CCCN(c1ccc(Cl)cc1)c1cccc(C(C#N)OC(=O)Cc2ccc(Cl)cc2C(C)C)c1. The summed E-state index contributed by atoms with van der Waals surface area (Å²) >= 11 is 12.2. The average molecular weight is 495 g/mol. The molecule has 0 aliphatic rings. The highest BCUT2D eigenvalue weighted by Crippen LogP contribution is 2.30. The van der Waals surface area contributed by atoms with Gasteiger partial charge in [-0.25, -0.2) is 0 Å². The lowest BCUT2D eigenvalue weighted by molar-refractivity contribution is -0.146. The molecule has 3 aromatic rings. The number of esters is 1. The van der Waals surface area contributed by atoms with Crippen LogP contribution in [-0.2, 0) is 16.0 Å². The van der Waals surface area contributed by atoms with E-state index in [1.165, 1.54) is 0 Å². The fourth-order valence-electron chi connectivity index (χ4n) is 3.87. The average Bonchev–Trinajstić information content (AvgIpc) is 2.82. The highest BCUT2D eigenvalue weighted by Gasteiger charge is 2.20. The highest BCUT2D eigenvalue weighted by atomic mass is 35.5. The molecule has 4 nitrogen and oxygen atoms in total. The standard InChI is InChI=1S/C28H28Cl2N2O2/c1-4-14-32(24-12-10-22(29)11-13-24)25-7-5-6-21(15-25)27(18-31)34-28(33)16-20-8-9-23(30)17-26(20)19(2)3/h5-13,15,17,19,27H,4,14,16H2,1-3H3. The van der Waals surface area contributed by atoms with Crippen LogP contribution in [0.15, 0.2) is 66.7 Å². The number of carbonyl (C=O) groups is 1. The second-order valence-electron chi connectivity index (χ2n) is 8.40. The Kier molecular flexibility index (Phi) is 8.98. The molecule has 3 rings (SSSR count). The van der Waals surface area contributed by atoms with Gasteiger partial charge in [-0.1, -0.05) is 62.2 Å². The maximum Gasteiger partial charge on any atom is 0.311 e. The first kappa shape index (κ1) is 25.6. The first-order chi connectivity index (χ1) is 16.3. The van der Waals surface area contributed by atoms with Crippen molar-refractivity contribution < 1.29 is 9.53 Å². The number of nitrogens with zero attached hydrogens (tertiary/aromatic N) is 2. The molecule has 0 aliphatic heterocycles. The summed E-state index contributed by atoms with van der Waals surface area (Å²) in [5.41, 5.74) is 4.39. The van der Waals surface area contributed by atoms with Crippen molar-refractivity contribution in [2.24, 2.45) is 0 Å². The van der Waals surface area contributed by atoms with Gasteiger partial charge in [-0.3, -0.25) is 4.79 Å². The monoisotopic (exact) mass is 494 g/mol. The molecular formula is C28H28Cl2N2O2. The van der Waals surface area contributed by atoms with Gasteiger partial charge >= 0.3 is 5.97 Å². The number of rotatable bonds is 9. The molecule has 0 fully saturated rings. The third-order valence-electron chi connectivity index (χ3n) is 5.50. The molecule has 1 unspecified atom stereocenters. The predicted octanol–water partition coefficient (Wildman–Crippen LogP) is 8.02. The predicted molar refractivity (Wildman–Crippen MR) is 139 cm³/mol. The summed E-state index contributed by atoms with van der Waals surface area (Å²) in [5.74, 6) is -0.244. The van der Waals surface area contributed by atoms with Gasteiger partial charge in [0.15, 0.2) is 0 Å². The Morgan fingerprint density at radius 3 is 2.35 bits per heavy atom. The molecule has 6 heteroatoms. The lowest BCUT2D eigenvalue weighted by Gasteiger charge is -2.25. The molecule has 0 heterocycles. The Morgan fingerprint density at radius 1 is 1.00 bits per heavy atom. The first-order valence-corrected chi connectivity index (χ1v) is 12.1. The van der Waals surface area contributed by atoms with Crippen LogP contribution in [-0.4, -0.2) is 12.5 Å². The summed E-state index contributed by atoms with van der Waals surface area (Å²) in [7, 11) is 0. The zero-order chi connectivity index (χ0) is 24.7. The zero-order valence-electron chi connectivity index (χ0n) is 19.6. The molecular weight excluding hydrogens is 467 g/mol. The summed E-state index contributed by atoms with van der Waals surface area (Å²) in [6.45, 7) is 6.99. The summed E-state index contributed by atoms with van der Waals surface area (Å²) in [4.78, 5) is 14.9. The third kappa shape index (κ3) is 6.53. The molecule has 34 heavy (non-hydrogen) atoms. The molecule has 0 spiro atoms. The Bertz CT molecular complexity index is 1170. The van der Waals surface area contributed by atoms with Crippen LogP contribution in [0.1, 0.15) is 55.9 Å². The van der Waals surface area contributed by atoms with Crippen LogP contribution in [0.4, 0.5) is 11.4 Å². The maximum atomic E-state index is 12.8. The molecule has 0 aliphatic carbocycles. The lowest BCUT2D eigenvalue weighted by atomic mass is 9.95. The van der Waals surface area contributed by atoms with E-state index in [1.807, 2.05) is 68.4 Å². The van der Waals surface area contributed by atoms with Crippen molar-refractivity contribution in [2.75, 3.05) is 11.4 Å².